The Labute approximate surface area is 162 Å². The molecule has 2 heterocycles. The van der Waals surface area contributed by atoms with Gasteiger partial charge in [-0.05, 0) is 30.2 Å². The van der Waals surface area contributed by atoms with Crippen LogP contribution in [0.15, 0.2) is 53.1 Å². The Bertz CT molecular complexity index is 1090. The van der Waals surface area contributed by atoms with Crippen molar-refractivity contribution >= 4 is 27.9 Å². The monoisotopic (exact) mass is 377 g/mol. The zero-order valence-electron chi connectivity index (χ0n) is 16.2. The van der Waals surface area contributed by atoms with E-state index in [4.69, 9.17) is 9.15 Å². The van der Waals surface area contributed by atoms with Crippen LogP contribution in [-0.4, -0.2) is 23.0 Å². The largest absolute Gasteiger partial charge is 0.497 e. The van der Waals surface area contributed by atoms with Crippen molar-refractivity contribution in [3.05, 3.63) is 60.1 Å². The minimum atomic E-state index is -0.196. The minimum absolute atomic E-state index is 0.0716. The molecule has 2 aromatic carbocycles. The number of nitrogens with one attached hydrogen (secondary N) is 2. The number of benzene rings is 2. The number of methoxy groups -OCH3 is 1. The van der Waals surface area contributed by atoms with E-state index >= 15 is 0 Å². The molecule has 6 nitrogen and oxygen atoms in total. The number of aromatic amines is 1. The fraction of sp³-hybridized carbons (Fsp3) is 0.273. The predicted molar refractivity (Wildman–Crippen MR) is 108 cm³/mol. The summed E-state index contributed by atoms with van der Waals surface area (Å²) in [7, 11) is 1.61. The van der Waals surface area contributed by atoms with Gasteiger partial charge in [-0.2, -0.15) is 0 Å². The van der Waals surface area contributed by atoms with Gasteiger partial charge in [-0.3, -0.25) is 4.79 Å². The van der Waals surface area contributed by atoms with Crippen LogP contribution in [0.2, 0.25) is 0 Å². The summed E-state index contributed by atoms with van der Waals surface area (Å²) in [5, 5.41) is 4.04. The lowest BCUT2D eigenvalue weighted by molar-refractivity contribution is -0.121. The Balaban J connectivity index is 1.54. The smallest absolute Gasteiger partial charge is 0.225 e. The molecule has 4 aromatic rings. The normalized spacial score (nSPS) is 12.6. The van der Waals surface area contributed by atoms with E-state index in [-0.39, 0.29) is 24.3 Å². The zero-order chi connectivity index (χ0) is 19.7. The van der Waals surface area contributed by atoms with Gasteiger partial charge < -0.3 is 19.5 Å². The first-order valence-corrected chi connectivity index (χ1v) is 9.33. The van der Waals surface area contributed by atoms with E-state index in [9.17, 15) is 4.79 Å². The predicted octanol–water partition coefficient (Wildman–Crippen LogP) is 4.37. The van der Waals surface area contributed by atoms with Crippen LogP contribution in [-0.2, 0) is 11.2 Å². The van der Waals surface area contributed by atoms with Gasteiger partial charge >= 0.3 is 0 Å². The van der Waals surface area contributed by atoms with Crippen LogP contribution in [0.5, 0.6) is 5.75 Å². The topological polar surface area (TPSA) is 80.1 Å². The summed E-state index contributed by atoms with van der Waals surface area (Å²) in [6, 6.07) is 13.3. The molecule has 1 unspecified atom stereocenters. The summed E-state index contributed by atoms with van der Waals surface area (Å²) in [5.74, 6) is 1.61. The van der Waals surface area contributed by atoms with Crippen LogP contribution in [0.4, 0.5) is 0 Å². The van der Waals surface area contributed by atoms with Crippen molar-refractivity contribution in [1.82, 2.24) is 15.3 Å². The molecule has 0 spiro atoms. The fourth-order valence-corrected chi connectivity index (χ4v) is 3.40. The average Bonchev–Trinajstić information content (AvgIpc) is 3.29. The number of furan rings is 1. The first kappa shape index (κ1) is 18.1. The number of para-hydroxylation sites is 2. The number of hydrogen-bond donors (Lipinski definition) is 2. The lowest BCUT2D eigenvalue weighted by atomic mass is 10.0. The molecule has 2 N–H and O–H groups in total. The maximum absolute atomic E-state index is 12.8. The summed E-state index contributed by atoms with van der Waals surface area (Å²) in [4.78, 5) is 20.7. The van der Waals surface area contributed by atoms with Crippen molar-refractivity contribution < 1.29 is 13.9 Å². The molecule has 4 rings (SSSR count). The maximum atomic E-state index is 12.8. The van der Waals surface area contributed by atoms with Gasteiger partial charge in [0, 0.05) is 17.0 Å². The molecule has 0 aliphatic heterocycles. The molecule has 0 fully saturated rings. The van der Waals surface area contributed by atoms with E-state index in [2.05, 4.69) is 29.1 Å². The molecule has 28 heavy (non-hydrogen) atoms. The molecule has 2 aromatic heterocycles. The molecule has 1 amide bonds. The standard InChI is InChI=1S/C22H23N3O3/c1-13(2)21(22-23-17-6-4-5-7-18(17)24-22)25-20(26)10-14-12-28-19-11-15(27-3)8-9-16(14)19/h4-9,11-13,21H,10H2,1-3H3,(H,23,24)(H,25,26). The Morgan fingerprint density at radius 3 is 2.82 bits per heavy atom. The van der Waals surface area contributed by atoms with Crippen LogP contribution in [0, 0.1) is 5.92 Å². The third-order valence-electron chi connectivity index (χ3n) is 4.90. The van der Waals surface area contributed by atoms with Crippen molar-refractivity contribution in [2.75, 3.05) is 7.11 Å². The Morgan fingerprint density at radius 1 is 1.25 bits per heavy atom. The quantitative estimate of drug-likeness (QED) is 0.523. The summed E-state index contributed by atoms with van der Waals surface area (Å²) >= 11 is 0. The molecule has 0 saturated carbocycles. The van der Waals surface area contributed by atoms with Gasteiger partial charge in [-0.1, -0.05) is 26.0 Å². The van der Waals surface area contributed by atoms with Crippen molar-refractivity contribution in [2.24, 2.45) is 5.92 Å². The Morgan fingerprint density at radius 2 is 2.07 bits per heavy atom. The SMILES string of the molecule is COc1ccc2c(CC(=O)NC(c3nc4ccccc4[nH]3)C(C)C)coc2c1. The lowest BCUT2D eigenvalue weighted by Gasteiger charge is -2.20. The average molecular weight is 377 g/mol. The number of aromatic nitrogens is 2. The van der Waals surface area contributed by atoms with E-state index in [1.165, 1.54) is 0 Å². The van der Waals surface area contributed by atoms with Gasteiger partial charge in [0.1, 0.15) is 17.2 Å². The minimum Gasteiger partial charge on any atom is -0.497 e. The molecule has 0 radical (unpaired) electrons. The number of rotatable bonds is 6. The van der Waals surface area contributed by atoms with Crippen molar-refractivity contribution in [3.8, 4) is 5.75 Å². The second-order valence-electron chi connectivity index (χ2n) is 7.23. The Hall–Kier alpha value is -3.28. The first-order chi connectivity index (χ1) is 13.5. The molecular formula is C22H23N3O3. The number of hydrogen-bond acceptors (Lipinski definition) is 4. The van der Waals surface area contributed by atoms with E-state index in [0.29, 0.717) is 5.58 Å². The van der Waals surface area contributed by atoms with Gasteiger partial charge in [0.25, 0.3) is 0 Å². The van der Waals surface area contributed by atoms with Gasteiger partial charge in [0.15, 0.2) is 0 Å². The number of imidazole rings is 1. The van der Waals surface area contributed by atoms with E-state index in [1.807, 2.05) is 42.5 Å². The third-order valence-corrected chi connectivity index (χ3v) is 4.90. The van der Waals surface area contributed by atoms with Gasteiger partial charge in [-0.15, -0.1) is 0 Å². The fourth-order valence-electron chi connectivity index (χ4n) is 3.40. The summed E-state index contributed by atoms with van der Waals surface area (Å²) in [6.45, 7) is 4.13. The Kier molecular flexibility index (Phi) is 4.77. The van der Waals surface area contributed by atoms with Gasteiger partial charge in [-0.25, -0.2) is 4.98 Å². The van der Waals surface area contributed by atoms with Crippen LogP contribution in [0.3, 0.4) is 0 Å². The molecule has 0 aliphatic carbocycles. The van der Waals surface area contributed by atoms with Crippen LogP contribution < -0.4 is 10.1 Å². The highest BCUT2D eigenvalue weighted by Gasteiger charge is 2.22. The molecule has 6 heteroatoms. The van der Waals surface area contributed by atoms with E-state index in [1.54, 1.807) is 13.4 Å². The van der Waals surface area contributed by atoms with Crippen molar-refractivity contribution in [2.45, 2.75) is 26.3 Å². The van der Waals surface area contributed by atoms with Gasteiger partial charge in [0.2, 0.25) is 5.91 Å². The maximum Gasteiger partial charge on any atom is 0.225 e. The number of H-pyrrole nitrogens is 1. The first-order valence-electron chi connectivity index (χ1n) is 9.33. The number of fused-ring (bicyclic) bond motifs is 2. The summed E-state index contributed by atoms with van der Waals surface area (Å²) < 4.78 is 10.8. The molecule has 0 bridgehead atoms. The van der Waals surface area contributed by atoms with E-state index in [0.717, 1.165) is 33.6 Å². The zero-order valence-corrected chi connectivity index (χ0v) is 16.2. The highest BCUT2D eigenvalue weighted by atomic mass is 16.5. The number of carbonyl (C=O) groups excluding carboxylic acids is 1. The number of amides is 1. The van der Waals surface area contributed by atoms with Gasteiger partial charge in [0.05, 0.1) is 36.9 Å². The highest BCUT2D eigenvalue weighted by Crippen LogP contribution is 2.27. The molecule has 1 atom stereocenters. The van der Waals surface area contributed by atoms with E-state index < -0.39 is 0 Å². The van der Waals surface area contributed by atoms with Crippen molar-refractivity contribution in [1.29, 1.82) is 0 Å². The molecule has 0 saturated heterocycles. The molecule has 144 valence electrons. The summed E-state index contributed by atoms with van der Waals surface area (Å²) in [5.41, 5.74) is 3.42. The highest BCUT2D eigenvalue weighted by molar-refractivity contribution is 5.88. The second-order valence-corrected chi connectivity index (χ2v) is 7.23. The number of nitrogens with zero attached hydrogens (tertiary/aromatic N) is 1. The van der Waals surface area contributed by atoms with Crippen LogP contribution in [0.25, 0.3) is 22.0 Å². The van der Waals surface area contributed by atoms with Crippen molar-refractivity contribution in [3.63, 3.8) is 0 Å². The lowest BCUT2D eigenvalue weighted by Crippen LogP contribution is -2.33. The molecular weight excluding hydrogens is 354 g/mol. The molecule has 0 aliphatic rings. The third kappa shape index (κ3) is 3.45. The second kappa shape index (κ2) is 7.38. The van der Waals surface area contributed by atoms with Crippen LogP contribution in [0.1, 0.15) is 31.3 Å². The number of ether oxygens (including phenoxy) is 1. The van der Waals surface area contributed by atoms with Crippen LogP contribution >= 0.6 is 0 Å². The number of carbonyl (C=O) groups is 1. The summed E-state index contributed by atoms with van der Waals surface area (Å²) in [6.07, 6.45) is 1.87.